The summed E-state index contributed by atoms with van der Waals surface area (Å²) in [6.07, 6.45) is 2.64. The smallest absolute Gasteiger partial charge is 0.199 e. The second kappa shape index (κ2) is 3.61. The number of aromatic nitrogens is 2. The van der Waals surface area contributed by atoms with Gasteiger partial charge in [0, 0.05) is 12.3 Å². The number of benzene rings is 1. The van der Waals surface area contributed by atoms with E-state index >= 15 is 0 Å². The van der Waals surface area contributed by atoms with Crippen LogP contribution in [-0.2, 0) is 0 Å². The standard InChI is InChI=1S/C10H6F2N2O/c11-7-1-2-8(9(12)3-7)10(15)6-4-13-14-5-6/h1-5H,(H,13,14). The molecule has 0 saturated carbocycles. The Hall–Kier alpha value is -2.04. The van der Waals surface area contributed by atoms with E-state index in [4.69, 9.17) is 0 Å². The summed E-state index contributed by atoms with van der Waals surface area (Å²) in [5.74, 6) is -2.11. The fourth-order valence-electron chi connectivity index (χ4n) is 1.20. The molecular formula is C10H6F2N2O. The molecule has 2 aromatic rings. The Kier molecular flexibility index (Phi) is 2.29. The Bertz CT molecular complexity index is 494. The van der Waals surface area contributed by atoms with Crippen molar-refractivity contribution in [1.82, 2.24) is 10.2 Å². The summed E-state index contributed by atoms with van der Waals surface area (Å²) >= 11 is 0. The van der Waals surface area contributed by atoms with Gasteiger partial charge in [0.25, 0.3) is 0 Å². The number of carbonyl (C=O) groups is 1. The third kappa shape index (κ3) is 1.76. The molecule has 0 saturated heterocycles. The highest BCUT2D eigenvalue weighted by Crippen LogP contribution is 2.13. The van der Waals surface area contributed by atoms with Crippen molar-refractivity contribution in [3.63, 3.8) is 0 Å². The predicted octanol–water partition coefficient (Wildman–Crippen LogP) is 1.92. The van der Waals surface area contributed by atoms with Gasteiger partial charge >= 0.3 is 0 Å². The molecule has 5 heteroatoms. The van der Waals surface area contributed by atoms with Crippen molar-refractivity contribution >= 4 is 5.78 Å². The molecule has 0 aliphatic heterocycles. The van der Waals surface area contributed by atoms with Gasteiger partial charge in [0.05, 0.1) is 17.3 Å². The van der Waals surface area contributed by atoms with Crippen molar-refractivity contribution in [2.24, 2.45) is 0 Å². The minimum atomic E-state index is -0.874. The summed E-state index contributed by atoms with van der Waals surface area (Å²) in [7, 11) is 0. The molecule has 1 N–H and O–H groups in total. The summed E-state index contributed by atoms with van der Waals surface area (Å²) in [6.45, 7) is 0. The van der Waals surface area contributed by atoms with Crippen molar-refractivity contribution in [3.8, 4) is 0 Å². The molecule has 0 atom stereocenters. The Morgan fingerprint density at radius 1 is 1.33 bits per heavy atom. The minimum absolute atomic E-state index is 0.169. The number of nitrogens with one attached hydrogen (secondary N) is 1. The second-order valence-electron chi connectivity index (χ2n) is 2.94. The zero-order valence-electron chi connectivity index (χ0n) is 7.50. The molecule has 15 heavy (non-hydrogen) atoms. The second-order valence-corrected chi connectivity index (χ2v) is 2.94. The number of halogens is 2. The topological polar surface area (TPSA) is 45.8 Å². The van der Waals surface area contributed by atoms with Crippen LogP contribution in [0.15, 0.2) is 30.6 Å². The van der Waals surface area contributed by atoms with Crippen LogP contribution in [-0.4, -0.2) is 16.0 Å². The molecule has 0 fully saturated rings. The van der Waals surface area contributed by atoms with Crippen LogP contribution >= 0.6 is 0 Å². The first-order chi connectivity index (χ1) is 7.18. The predicted molar refractivity (Wildman–Crippen MR) is 48.4 cm³/mol. The Morgan fingerprint density at radius 3 is 2.73 bits per heavy atom. The largest absolute Gasteiger partial charge is 0.288 e. The zero-order chi connectivity index (χ0) is 10.8. The molecule has 0 amide bonds. The molecule has 0 unspecified atom stereocenters. The Balaban J connectivity index is 2.42. The SMILES string of the molecule is O=C(c1cn[nH]c1)c1ccc(F)cc1F. The third-order valence-corrected chi connectivity index (χ3v) is 1.94. The van der Waals surface area contributed by atoms with Crippen LogP contribution in [0.1, 0.15) is 15.9 Å². The molecule has 1 aromatic carbocycles. The van der Waals surface area contributed by atoms with Gasteiger partial charge in [-0.05, 0) is 12.1 Å². The third-order valence-electron chi connectivity index (χ3n) is 1.94. The number of H-pyrrole nitrogens is 1. The van der Waals surface area contributed by atoms with Gasteiger partial charge in [-0.2, -0.15) is 5.10 Å². The van der Waals surface area contributed by atoms with E-state index in [0.717, 1.165) is 12.1 Å². The normalized spacial score (nSPS) is 10.3. The van der Waals surface area contributed by atoms with Crippen LogP contribution in [0.4, 0.5) is 8.78 Å². The quantitative estimate of drug-likeness (QED) is 0.766. The van der Waals surface area contributed by atoms with Crippen LogP contribution in [0, 0.1) is 11.6 Å². The van der Waals surface area contributed by atoms with E-state index in [1.807, 2.05) is 0 Å². The number of rotatable bonds is 2. The van der Waals surface area contributed by atoms with Gasteiger partial charge in [0.2, 0.25) is 0 Å². The first-order valence-corrected chi connectivity index (χ1v) is 4.17. The van der Waals surface area contributed by atoms with E-state index in [2.05, 4.69) is 10.2 Å². The monoisotopic (exact) mass is 208 g/mol. The summed E-state index contributed by atoms with van der Waals surface area (Å²) in [5, 5.41) is 6.02. The van der Waals surface area contributed by atoms with Gasteiger partial charge in [-0.1, -0.05) is 0 Å². The summed E-state index contributed by atoms with van der Waals surface area (Å²) in [4.78, 5) is 11.6. The van der Waals surface area contributed by atoms with Crippen LogP contribution < -0.4 is 0 Å². The first-order valence-electron chi connectivity index (χ1n) is 4.17. The molecule has 0 radical (unpaired) electrons. The number of hydrogen-bond acceptors (Lipinski definition) is 2. The lowest BCUT2D eigenvalue weighted by molar-refractivity contribution is 0.103. The van der Waals surface area contributed by atoms with Gasteiger partial charge in [-0.15, -0.1) is 0 Å². The van der Waals surface area contributed by atoms with Crippen molar-refractivity contribution in [2.45, 2.75) is 0 Å². The Morgan fingerprint density at radius 2 is 2.13 bits per heavy atom. The first kappa shape index (κ1) is 9.51. The molecule has 0 aliphatic carbocycles. The van der Waals surface area contributed by atoms with E-state index in [9.17, 15) is 13.6 Å². The maximum atomic E-state index is 13.2. The molecular weight excluding hydrogens is 202 g/mol. The van der Waals surface area contributed by atoms with Gasteiger partial charge in [0.15, 0.2) is 5.78 Å². The van der Waals surface area contributed by atoms with Crippen LogP contribution in [0.5, 0.6) is 0 Å². The lowest BCUT2D eigenvalue weighted by atomic mass is 10.1. The highest BCUT2D eigenvalue weighted by molar-refractivity contribution is 6.08. The van der Waals surface area contributed by atoms with E-state index in [-0.39, 0.29) is 11.1 Å². The zero-order valence-corrected chi connectivity index (χ0v) is 7.50. The molecule has 0 bridgehead atoms. The highest BCUT2D eigenvalue weighted by atomic mass is 19.1. The number of ketones is 1. The molecule has 3 nitrogen and oxygen atoms in total. The summed E-state index contributed by atoms with van der Waals surface area (Å²) in [5.41, 5.74) is 0.0679. The fourth-order valence-corrected chi connectivity index (χ4v) is 1.20. The molecule has 1 heterocycles. The van der Waals surface area contributed by atoms with Gasteiger partial charge < -0.3 is 0 Å². The number of aromatic amines is 1. The van der Waals surface area contributed by atoms with Crippen molar-refractivity contribution < 1.29 is 13.6 Å². The highest BCUT2D eigenvalue weighted by Gasteiger charge is 2.14. The van der Waals surface area contributed by atoms with Crippen LogP contribution in [0.3, 0.4) is 0 Å². The molecule has 76 valence electrons. The van der Waals surface area contributed by atoms with E-state index in [1.165, 1.54) is 12.4 Å². The van der Waals surface area contributed by atoms with Crippen molar-refractivity contribution in [2.75, 3.05) is 0 Å². The average molecular weight is 208 g/mol. The van der Waals surface area contributed by atoms with Gasteiger partial charge in [0.1, 0.15) is 11.6 Å². The van der Waals surface area contributed by atoms with Gasteiger partial charge in [-0.3, -0.25) is 9.89 Å². The average Bonchev–Trinajstić information content (AvgIpc) is 2.69. The minimum Gasteiger partial charge on any atom is -0.288 e. The molecule has 1 aromatic heterocycles. The van der Waals surface area contributed by atoms with Crippen LogP contribution in [0.2, 0.25) is 0 Å². The molecule has 2 rings (SSSR count). The fraction of sp³-hybridized carbons (Fsp3) is 0. The van der Waals surface area contributed by atoms with E-state index < -0.39 is 17.4 Å². The summed E-state index contributed by atoms with van der Waals surface area (Å²) in [6, 6.07) is 2.82. The maximum absolute atomic E-state index is 13.2. The Labute approximate surface area is 83.7 Å². The van der Waals surface area contributed by atoms with Crippen molar-refractivity contribution in [1.29, 1.82) is 0 Å². The van der Waals surface area contributed by atoms with Crippen molar-refractivity contribution in [3.05, 3.63) is 53.4 Å². The molecule has 0 spiro atoms. The lowest BCUT2D eigenvalue weighted by Gasteiger charge is -1.99. The number of hydrogen-bond donors (Lipinski definition) is 1. The number of carbonyl (C=O) groups excluding carboxylic acids is 1. The molecule has 0 aliphatic rings. The van der Waals surface area contributed by atoms with E-state index in [1.54, 1.807) is 0 Å². The van der Waals surface area contributed by atoms with Crippen LogP contribution in [0.25, 0.3) is 0 Å². The lowest BCUT2D eigenvalue weighted by Crippen LogP contribution is -2.03. The van der Waals surface area contributed by atoms with E-state index in [0.29, 0.717) is 6.07 Å². The maximum Gasteiger partial charge on any atom is 0.199 e. The summed E-state index contributed by atoms with van der Waals surface area (Å²) < 4.78 is 25.8. The number of nitrogens with zero attached hydrogens (tertiary/aromatic N) is 1. The van der Waals surface area contributed by atoms with Gasteiger partial charge in [-0.25, -0.2) is 8.78 Å².